The van der Waals surface area contributed by atoms with Crippen molar-refractivity contribution in [2.45, 2.75) is 0 Å². The summed E-state index contributed by atoms with van der Waals surface area (Å²) in [4.78, 5) is 11.1. The van der Waals surface area contributed by atoms with E-state index in [1.165, 1.54) is 0 Å². The third-order valence-corrected chi connectivity index (χ3v) is 3.78. The third kappa shape index (κ3) is 2.66. The minimum atomic E-state index is -0.976. The van der Waals surface area contributed by atoms with Gasteiger partial charge in [0.2, 0.25) is 0 Å². The lowest BCUT2D eigenvalue weighted by Gasteiger charge is -2.11. The summed E-state index contributed by atoms with van der Waals surface area (Å²) in [5.74, 6) is -0.976. The van der Waals surface area contributed by atoms with Crippen LogP contribution in [0.25, 0.3) is 0 Å². The molecule has 2 N–H and O–H groups in total. The standard InChI is InChI=1S/C13H9BrClNO2/c14-12-9(15)5-3-7-11(12)16-10-6-2-1-4-8(10)13(17)18/h1-7,16H,(H,17,18). The highest BCUT2D eigenvalue weighted by Gasteiger charge is 2.10. The summed E-state index contributed by atoms with van der Waals surface area (Å²) in [7, 11) is 0. The van der Waals surface area contributed by atoms with Gasteiger partial charge in [0.25, 0.3) is 0 Å². The number of rotatable bonds is 3. The van der Waals surface area contributed by atoms with Crippen LogP contribution in [0, 0.1) is 0 Å². The number of nitrogens with one attached hydrogen (secondary N) is 1. The molecule has 2 rings (SSSR count). The van der Waals surface area contributed by atoms with Crippen molar-refractivity contribution in [1.29, 1.82) is 0 Å². The molecule has 0 saturated carbocycles. The number of halogens is 2. The second kappa shape index (κ2) is 5.42. The molecule has 5 heteroatoms. The summed E-state index contributed by atoms with van der Waals surface area (Å²) in [6, 6.07) is 12.1. The van der Waals surface area contributed by atoms with E-state index >= 15 is 0 Å². The van der Waals surface area contributed by atoms with Crippen molar-refractivity contribution >= 4 is 44.9 Å². The Bertz CT molecular complexity index is 601. The van der Waals surface area contributed by atoms with Crippen LogP contribution in [0.3, 0.4) is 0 Å². The number of anilines is 2. The zero-order valence-corrected chi connectivity index (χ0v) is 11.5. The van der Waals surface area contributed by atoms with Gasteiger partial charge in [-0.15, -0.1) is 0 Å². The molecular weight excluding hydrogens is 318 g/mol. The first-order chi connectivity index (χ1) is 8.59. The molecule has 0 spiro atoms. The van der Waals surface area contributed by atoms with E-state index in [0.717, 1.165) is 5.69 Å². The van der Waals surface area contributed by atoms with Crippen LogP contribution >= 0.6 is 27.5 Å². The molecule has 0 aromatic heterocycles. The molecule has 0 unspecified atom stereocenters. The number of aromatic carboxylic acids is 1. The zero-order valence-electron chi connectivity index (χ0n) is 9.15. The number of hydrogen-bond donors (Lipinski definition) is 2. The van der Waals surface area contributed by atoms with Crippen molar-refractivity contribution in [3.8, 4) is 0 Å². The predicted molar refractivity (Wildman–Crippen MR) is 75.8 cm³/mol. The largest absolute Gasteiger partial charge is 0.478 e. The van der Waals surface area contributed by atoms with Crippen LogP contribution < -0.4 is 5.32 Å². The van der Waals surface area contributed by atoms with E-state index in [1.807, 2.05) is 6.07 Å². The van der Waals surface area contributed by atoms with Gasteiger partial charge in [-0.2, -0.15) is 0 Å². The van der Waals surface area contributed by atoms with E-state index in [-0.39, 0.29) is 5.56 Å². The number of carboxylic acids is 1. The Morgan fingerprint density at radius 1 is 1.11 bits per heavy atom. The van der Waals surface area contributed by atoms with Crippen LogP contribution in [-0.2, 0) is 0 Å². The van der Waals surface area contributed by atoms with E-state index in [2.05, 4.69) is 21.2 Å². The number of para-hydroxylation sites is 1. The summed E-state index contributed by atoms with van der Waals surface area (Å²) >= 11 is 9.34. The quantitative estimate of drug-likeness (QED) is 0.870. The number of carbonyl (C=O) groups is 1. The Hall–Kier alpha value is -1.52. The number of hydrogen-bond acceptors (Lipinski definition) is 2. The van der Waals surface area contributed by atoms with Crippen molar-refractivity contribution < 1.29 is 9.90 Å². The summed E-state index contributed by atoms with van der Waals surface area (Å²) in [5.41, 5.74) is 1.45. The maximum Gasteiger partial charge on any atom is 0.337 e. The van der Waals surface area contributed by atoms with Crippen LogP contribution in [0.2, 0.25) is 5.02 Å². The molecular formula is C13H9BrClNO2. The number of carboxylic acid groups (broad SMARTS) is 1. The van der Waals surface area contributed by atoms with Gasteiger partial charge in [0, 0.05) is 0 Å². The van der Waals surface area contributed by atoms with Gasteiger partial charge in [-0.1, -0.05) is 29.8 Å². The van der Waals surface area contributed by atoms with Gasteiger partial charge in [0.15, 0.2) is 0 Å². The average Bonchev–Trinajstić information content (AvgIpc) is 2.35. The fourth-order valence-corrected chi connectivity index (χ4v) is 2.06. The van der Waals surface area contributed by atoms with Crippen LogP contribution in [-0.4, -0.2) is 11.1 Å². The second-order valence-corrected chi connectivity index (χ2v) is 4.78. The van der Waals surface area contributed by atoms with Crippen LogP contribution in [0.4, 0.5) is 11.4 Å². The molecule has 0 radical (unpaired) electrons. The Kier molecular flexibility index (Phi) is 3.89. The molecule has 0 bridgehead atoms. The fraction of sp³-hybridized carbons (Fsp3) is 0. The van der Waals surface area contributed by atoms with Crippen molar-refractivity contribution in [2.24, 2.45) is 0 Å². The summed E-state index contributed by atoms with van der Waals surface area (Å²) in [5, 5.41) is 12.7. The highest BCUT2D eigenvalue weighted by Crippen LogP contribution is 2.32. The van der Waals surface area contributed by atoms with Gasteiger partial charge in [-0.05, 0) is 40.2 Å². The monoisotopic (exact) mass is 325 g/mol. The van der Waals surface area contributed by atoms with E-state index in [0.29, 0.717) is 15.2 Å². The van der Waals surface area contributed by atoms with E-state index in [1.54, 1.807) is 36.4 Å². The lowest BCUT2D eigenvalue weighted by molar-refractivity contribution is 0.0698. The molecule has 0 atom stereocenters. The van der Waals surface area contributed by atoms with Crippen molar-refractivity contribution in [1.82, 2.24) is 0 Å². The van der Waals surface area contributed by atoms with Gasteiger partial charge >= 0.3 is 5.97 Å². The number of benzene rings is 2. The first kappa shape index (κ1) is 12.9. The topological polar surface area (TPSA) is 49.3 Å². The normalized spacial score (nSPS) is 10.1. The second-order valence-electron chi connectivity index (χ2n) is 3.58. The SMILES string of the molecule is O=C(O)c1ccccc1Nc1cccc(Cl)c1Br. The molecule has 0 aliphatic heterocycles. The van der Waals surface area contributed by atoms with Crippen LogP contribution in [0.5, 0.6) is 0 Å². The Balaban J connectivity index is 2.40. The lowest BCUT2D eigenvalue weighted by atomic mass is 10.1. The molecule has 92 valence electrons. The van der Waals surface area contributed by atoms with E-state index in [9.17, 15) is 4.79 Å². The predicted octanol–water partition coefficient (Wildman–Crippen LogP) is 4.54. The maximum atomic E-state index is 11.1. The molecule has 0 aliphatic carbocycles. The van der Waals surface area contributed by atoms with Crippen molar-refractivity contribution in [2.75, 3.05) is 5.32 Å². The molecule has 18 heavy (non-hydrogen) atoms. The van der Waals surface area contributed by atoms with E-state index < -0.39 is 5.97 Å². The maximum absolute atomic E-state index is 11.1. The van der Waals surface area contributed by atoms with Gasteiger partial charge in [0.05, 0.1) is 26.4 Å². The zero-order chi connectivity index (χ0) is 13.1. The highest BCUT2D eigenvalue weighted by atomic mass is 79.9. The smallest absolute Gasteiger partial charge is 0.337 e. The fourth-order valence-electron chi connectivity index (χ4n) is 1.52. The highest BCUT2D eigenvalue weighted by molar-refractivity contribution is 9.10. The van der Waals surface area contributed by atoms with Gasteiger partial charge in [0.1, 0.15) is 0 Å². The van der Waals surface area contributed by atoms with Crippen LogP contribution in [0.1, 0.15) is 10.4 Å². The minimum Gasteiger partial charge on any atom is -0.478 e. The first-order valence-electron chi connectivity index (χ1n) is 5.13. The summed E-state index contributed by atoms with van der Waals surface area (Å²) in [6.07, 6.45) is 0. The molecule has 2 aromatic rings. The molecule has 2 aromatic carbocycles. The van der Waals surface area contributed by atoms with Gasteiger partial charge in [-0.3, -0.25) is 0 Å². The van der Waals surface area contributed by atoms with Crippen molar-refractivity contribution in [3.63, 3.8) is 0 Å². The molecule has 0 aliphatic rings. The average molecular weight is 327 g/mol. The Morgan fingerprint density at radius 3 is 2.50 bits per heavy atom. The van der Waals surface area contributed by atoms with Gasteiger partial charge in [-0.25, -0.2) is 4.79 Å². The first-order valence-corrected chi connectivity index (χ1v) is 6.30. The Labute approximate surface area is 118 Å². The minimum absolute atomic E-state index is 0.212. The molecule has 3 nitrogen and oxygen atoms in total. The summed E-state index contributed by atoms with van der Waals surface area (Å²) < 4.78 is 0.701. The lowest BCUT2D eigenvalue weighted by Crippen LogP contribution is -2.02. The Morgan fingerprint density at radius 2 is 1.78 bits per heavy atom. The molecule has 0 saturated heterocycles. The molecule has 0 heterocycles. The van der Waals surface area contributed by atoms with E-state index in [4.69, 9.17) is 16.7 Å². The van der Waals surface area contributed by atoms with Gasteiger partial charge < -0.3 is 10.4 Å². The molecule has 0 amide bonds. The third-order valence-electron chi connectivity index (χ3n) is 2.38. The van der Waals surface area contributed by atoms with Crippen LogP contribution in [0.15, 0.2) is 46.9 Å². The molecule has 0 fully saturated rings. The van der Waals surface area contributed by atoms with Crippen molar-refractivity contribution in [3.05, 3.63) is 57.5 Å². The summed E-state index contributed by atoms with van der Waals surface area (Å²) in [6.45, 7) is 0.